The molecule has 0 saturated carbocycles. The van der Waals surface area contributed by atoms with E-state index in [0.717, 1.165) is 12.4 Å². The molecule has 7 heteroatoms. The molecule has 0 atom stereocenters. The fourth-order valence-corrected chi connectivity index (χ4v) is 1.80. The molecule has 2 aromatic heterocycles. The average Bonchev–Trinajstić information content (AvgIpc) is 2.56. The van der Waals surface area contributed by atoms with Crippen LogP contribution in [0.3, 0.4) is 0 Å². The summed E-state index contributed by atoms with van der Waals surface area (Å²) in [4.78, 5) is 25.9. The van der Waals surface area contributed by atoms with Crippen LogP contribution in [0.25, 0.3) is 0 Å². The van der Waals surface area contributed by atoms with Crippen LogP contribution >= 0.6 is 0 Å². The second kappa shape index (κ2) is 7.92. The fraction of sp³-hybridized carbons (Fsp3) is 0.333. The van der Waals surface area contributed by atoms with Gasteiger partial charge in [-0.1, -0.05) is 6.07 Å². The summed E-state index contributed by atoms with van der Waals surface area (Å²) >= 11 is 0. The number of aromatic nitrogens is 3. The maximum atomic E-state index is 11.6. The van der Waals surface area contributed by atoms with E-state index in [-0.39, 0.29) is 5.82 Å². The first-order valence-electron chi connectivity index (χ1n) is 7.07. The number of rotatable bonds is 7. The third kappa shape index (κ3) is 4.41. The van der Waals surface area contributed by atoms with Crippen LogP contribution in [0, 0.1) is 0 Å². The van der Waals surface area contributed by atoms with Gasteiger partial charge < -0.3 is 15.0 Å². The highest BCUT2D eigenvalue weighted by Gasteiger charge is 2.10. The van der Waals surface area contributed by atoms with Gasteiger partial charge in [-0.2, -0.15) is 0 Å². The van der Waals surface area contributed by atoms with Gasteiger partial charge in [0.1, 0.15) is 11.6 Å². The molecule has 2 aromatic rings. The number of likely N-dealkylation sites (N-methyl/N-ethyl adjacent to an activating group) is 1. The Morgan fingerprint density at radius 1 is 1.27 bits per heavy atom. The molecule has 0 spiro atoms. The van der Waals surface area contributed by atoms with Crippen LogP contribution in [-0.2, 0) is 4.74 Å². The van der Waals surface area contributed by atoms with Crippen LogP contribution in [0.15, 0.2) is 36.7 Å². The van der Waals surface area contributed by atoms with Crippen molar-refractivity contribution >= 4 is 17.6 Å². The van der Waals surface area contributed by atoms with E-state index in [2.05, 4.69) is 20.3 Å². The van der Waals surface area contributed by atoms with Gasteiger partial charge >= 0.3 is 5.97 Å². The van der Waals surface area contributed by atoms with Crippen molar-refractivity contribution in [1.82, 2.24) is 15.0 Å². The lowest BCUT2D eigenvalue weighted by atomic mass is 10.4. The Morgan fingerprint density at radius 3 is 2.86 bits per heavy atom. The predicted octanol–water partition coefficient (Wildman–Crippen LogP) is 1.60. The zero-order valence-electron chi connectivity index (χ0n) is 12.7. The zero-order valence-corrected chi connectivity index (χ0v) is 12.7. The number of carbonyl (C=O) groups is 1. The van der Waals surface area contributed by atoms with Crippen LogP contribution in [0.1, 0.15) is 17.5 Å². The number of carbonyl (C=O) groups excluding carboxylic acids is 1. The number of ether oxygens (including phenoxy) is 1. The molecule has 0 fully saturated rings. The van der Waals surface area contributed by atoms with Gasteiger partial charge in [0.2, 0.25) is 5.82 Å². The summed E-state index contributed by atoms with van der Waals surface area (Å²) in [7, 11) is 1.97. The summed E-state index contributed by atoms with van der Waals surface area (Å²) in [6, 6.07) is 7.49. The van der Waals surface area contributed by atoms with E-state index in [1.54, 1.807) is 19.2 Å². The van der Waals surface area contributed by atoms with Gasteiger partial charge in [-0.15, -0.1) is 0 Å². The third-order valence-corrected chi connectivity index (χ3v) is 2.91. The minimum Gasteiger partial charge on any atom is -0.460 e. The van der Waals surface area contributed by atoms with E-state index >= 15 is 0 Å². The Balaban J connectivity index is 1.87. The van der Waals surface area contributed by atoms with E-state index in [4.69, 9.17) is 4.74 Å². The largest absolute Gasteiger partial charge is 0.460 e. The Hall–Kier alpha value is -2.70. The Labute approximate surface area is 129 Å². The van der Waals surface area contributed by atoms with Crippen molar-refractivity contribution in [3.63, 3.8) is 0 Å². The lowest BCUT2D eigenvalue weighted by molar-refractivity contribution is 0.0512. The highest BCUT2D eigenvalue weighted by Crippen LogP contribution is 2.07. The van der Waals surface area contributed by atoms with E-state index < -0.39 is 5.97 Å². The molecule has 0 aliphatic heterocycles. The summed E-state index contributed by atoms with van der Waals surface area (Å²) in [5.74, 6) is 1.04. The molecule has 0 aromatic carbocycles. The summed E-state index contributed by atoms with van der Waals surface area (Å²) < 4.78 is 4.88. The van der Waals surface area contributed by atoms with Crippen LogP contribution < -0.4 is 10.2 Å². The fourth-order valence-electron chi connectivity index (χ4n) is 1.80. The second-order valence-corrected chi connectivity index (χ2v) is 4.52. The summed E-state index contributed by atoms with van der Waals surface area (Å²) in [6.45, 7) is 3.45. The number of esters is 1. The van der Waals surface area contributed by atoms with E-state index in [1.807, 2.05) is 30.1 Å². The minimum absolute atomic E-state index is 0.0601. The average molecular weight is 301 g/mol. The quantitative estimate of drug-likeness (QED) is 0.778. The van der Waals surface area contributed by atoms with Crippen LogP contribution in [0.4, 0.5) is 11.6 Å². The molecule has 7 nitrogen and oxygen atoms in total. The van der Waals surface area contributed by atoms with Crippen molar-refractivity contribution in [2.24, 2.45) is 0 Å². The number of pyridine rings is 1. The molecule has 0 unspecified atom stereocenters. The maximum absolute atomic E-state index is 11.6. The minimum atomic E-state index is -0.517. The standard InChI is InChI=1S/C15H19N5O2/c1-3-22-15(21)14-18-9-7-12(19-14)16-10-11-20(2)13-6-4-5-8-17-13/h4-9H,3,10-11H2,1-2H3,(H,16,18,19). The first-order valence-corrected chi connectivity index (χ1v) is 7.07. The molecule has 0 aliphatic carbocycles. The van der Waals surface area contributed by atoms with Crippen molar-refractivity contribution in [2.45, 2.75) is 6.92 Å². The SMILES string of the molecule is CCOC(=O)c1nccc(NCCN(C)c2ccccn2)n1. The number of anilines is 2. The van der Waals surface area contributed by atoms with Gasteiger partial charge in [-0.3, -0.25) is 0 Å². The lowest BCUT2D eigenvalue weighted by Gasteiger charge is -2.18. The molecule has 22 heavy (non-hydrogen) atoms. The Morgan fingerprint density at radius 2 is 2.14 bits per heavy atom. The molecule has 0 aliphatic rings. The van der Waals surface area contributed by atoms with Gasteiger partial charge in [0, 0.05) is 32.5 Å². The first kappa shape index (κ1) is 15.7. The number of nitrogens with one attached hydrogen (secondary N) is 1. The molecular formula is C15H19N5O2. The predicted molar refractivity (Wildman–Crippen MR) is 84.0 cm³/mol. The molecule has 2 heterocycles. The summed E-state index contributed by atoms with van der Waals surface area (Å²) in [6.07, 6.45) is 3.29. The van der Waals surface area contributed by atoms with Crippen molar-refractivity contribution in [3.8, 4) is 0 Å². The van der Waals surface area contributed by atoms with Gasteiger partial charge in [-0.05, 0) is 25.1 Å². The van der Waals surface area contributed by atoms with E-state index in [9.17, 15) is 4.79 Å². The number of nitrogens with zero attached hydrogens (tertiary/aromatic N) is 4. The molecule has 0 bridgehead atoms. The zero-order chi connectivity index (χ0) is 15.8. The molecule has 0 amide bonds. The normalized spacial score (nSPS) is 10.1. The highest BCUT2D eigenvalue weighted by molar-refractivity contribution is 5.85. The summed E-state index contributed by atoms with van der Waals surface area (Å²) in [5.41, 5.74) is 0. The molecule has 0 saturated heterocycles. The number of hydrogen-bond acceptors (Lipinski definition) is 7. The van der Waals surface area contributed by atoms with Crippen molar-refractivity contribution in [1.29, 1.82) is 0 Å². The molecular weight excluding hydrogens is 282 g/mol. The molecule has 1 N–H and O–H groups in total. The van der Waals surface area contributed by atoms with Crippen molar-refractivity contribution in [2.75, 3.05) is 37.0 Å². The van der Waals surface area contributed by atoms with Crippen LogP contribution in [0.2, 0.25) is 0 Å². The van der Waals surface area contributed by atoms with Crippen molar-refractivity contribution in [3.05, 3.63) is 42.5 Å². The number of hydrogen-bond donors (Lipinski definition) is 1. The van der Waals surface area contributed by atoms with Gasteiger partial charge in [0.25, 0.3) is 0 Å². The first-order chi connectivity index (χ1) is 10.7. The van der Waals surface area contributed by atoms with Crippen LogP contribution in [0.5, 0.6) is 0 Å². The highest BCUT2D eigenvalue weighted by atomic mass is 16.5. The Bertz CT molecular complexity index is 606. The van der Waals surface area contributed by atoms with Crippen molar-refractivity contribution < 1.29 is 9.53 Å². The lowest BCUT2D eigenvalue weighted by Crippen LogP contribution is -2.25. The van der Waals surface area contributed by atoms with E-state index in [1.165, 1.54) is 6.20 Å². The van der Waals surface area contributed by atoms with Crippen LogP contribution in [-0.4, -0.2) is 47.7 Å². The summed E-state index contributed by atoms with van der Waals surface area (Å²) in [5, 5.41) is 3.15. The smallest absolute Gasteiger partial charge is 0.376 e. The second-order valence-electron chi connectivity index (χ2n) is 4.52. The monoisotopic (exact) mass is 301 g/mol. The van der Waals surface area contributed by atoms with Gasteiger partial charge in [0.05, 0.1) is 6.61 Å². The van der Waals surface area contributed by atoms with Gasteiger partial charge in [0.15, 0.2) is 0 Å². The third-order valence-electron chi connectivity index (χ3n) is 2.91. The maximum Gasteiger partial charge on any atom is 0.376 e. The molecule has 116 valence electrons. The van der Waals surface area contributed by atoms with Gasteiger partial charge in [-0.25, -0.2) is 19.7 Å². The topological polar surface area (TPSA) is 80.2 Å². The Kier molecular flexibility index (Phi) is 5.65. The molecule has 2 rings (SSSR count). The molecule has 0 radical (unpaired) electrons. The van der Waals surface area contributed by atoms with E-state index in [0.29, 0.717) is 19.0 Å².